The van der Waals surface area contributed by atoms with E-state index in [-0.39, 0.29) is 17.5 Å². The van der Waals surface area contributed by atoms with Crippen molar-refractivity contribution in [3.8, 4) is 0 Å². The molecule has 0 saturated carbocycles. The summed E-state index contributed by atoms with van der Waals surface area (Å²) in [5, 5.41) is 6.85. The second-order valence-corrected chi connectivity index (χ2v) is 6.56. The van der Waals surface area contributed by atoms with Crippen molar-refractivity contribution in [1.82, 2.24) is 9.97 Å². The van der Waals surface area contributed by atoms with Gasteiger partial charge in [-0.3, -0.25) is 4.79 Å². The number of rotatable bonds is 4. The monoisotopic (exact) mass is 386 g/mol. The second-order valence-electron chi connectivity index (χ2n) is 5.72. The molecule has 5 nitrogen and oxygen atoms in total. The molecule has 2 N–H and O–H groups in total. The maximum absolute atomic E-state index is 12.5. The van der Waals surface area contributed by atoms with Crippen LogP contribution in [0.5, 0.6) is 0 Å². The number of hydrogen-bond donors (Lipinski definition) is 2. The van der Waals surface area contributed by atoms with Gasteiger partial charge in [0.2, 0.25) is 5.95 Å². The average molecular weight is 387 g/mol. The Bertz CT molecular complexity index is 976. The molecule has 7 heteroatoms. The lowest BCUT2D eigenvalue weighted by Crippen LogP contribution is -2.15. The number of carbonyl (C=O) groups excluding carboxylic acids is 1. The first kappa shape index (κ1) is 18.2. The number of nitrogens with zero attached hydrogens (tertiary/aromatic N) is 2. The number of halogens is 2. The number of aromatic nitrogens is 2. The summed E-state index contributed by atoms with van der Waals surface area (Å²) in [5.74, 6) is -0.0656. The highest BCUT2D eigenvalue weighted by Crippen LogP contribution is 2.27. The van der Waals surface area contributed by atoms with Gasteiger partial charge < -0.3 is 10.6 Å². The minimum Gasteiger partial charge on any atom is -0.323 e. The third-order valence-electron chi connectivity index (χ3n) is 3.92. The molecule has 1 aromatic heterocycles. The van der Waals surface area contributed by atoms with E-state index in [2.05, 4.69) is 20.6 Å². The van der Waals surface area contributed by atoms with Crippen molar-refractivity contribution in [2.24, 2.45) is 0 Å². The molecule has 0 unspecified atom stereocenters. The summed E-state index contributed by atoms with van der Waals surface area (Å²) in [5.41, 5.74) is 3.66. The van der Waals surface area contributed by atoms with Crippen molar-refractivity contribution in [2.45, 2.75) is 13.8 Å². The zero-order chi connectivity index (χ0) is 18.7. The van der Waals surface area contributed by atoms with Gasteiger partial charge >= 0.3 is 0 Å². The van der Waals surface area contributed by atoms with Crippen molar-refractivity contribution in [1.29, 1.82) is 0 Å². The Labute approximate surface area is 161 Å². The van der Waals surface area contributed by atoms with Crippen molar-refractivity contribution in [3.63, 3.8) is 0 Å². The number of aryl methyl sites for hydroxylation is 1. The smallest absolute Gasteiger partial charge is 0.274 e. The fraction of sp³-hybridized carbons (Fsp3) is 0.105. The average Bonchev–Trinajstić information content (AvgIpc) is 2.62. The number of anilines is 3. The van der Waals surface area contributed by atoms with E-state index in [0.717, 1.165) is 16.8 Å². The van der Waals surface area contributed by atoms with Crippen molar-refractivity contribution < 1.29 is 4.79 Å². The zero-order valence-electron chi connectivity index (χ0n) is 14.2. The van der Waals surface area contributed by atoms with Gasteiger partial charge in [-0.05, 0) is 55.3 Å². The number of carbonyl (C=O) groups is 1. The third-order valence-corrected chi connectivity index (χ3v) is 4.48. The first-order valence-corrected chi connectivity index (χ1v) is 8.62. The SMILES string of the molecule is Cc1cccc(NC(=O)c2ccnc(Nc3cc(Cl)ccc3Cl)n2)c1C. The first-order valence-electron chi connectivity index (χ1n) is 7.87. The molecule has 1 amide bonds. The van der Waals surface area contributed by atoms with Crippen molar-refractivity contribution in [2.75, 3.05) is 10.6 Å². The summed E-state index contributed by atoms with van der Waals surface area (Å²) in [6, 6.07) is 12.3. The molecule has 0 aliphatic rings. The Hall–Kier alpha value is -2.63. The highest BCUT2D eigenvalue weighted by Gasteiger charge is 2.12. The van der Waals surface area contributed by atoms with Gasteiger partial charge in [0, 0.05) is 16.9 Å². The van der Waals surface area contributed by atoms with Crippen LogP contribution in [-0.4, -0.2) is 15.9 Å². The van der Waals surface area contributed by atoms with Crippen LogP contribution in [0.1, 0.15) is 21.6 Å². The molecule has 132 valence electrons. The Morgan fingerprint density at radius 2 is 1.85 bits per heavy atom. The van der Waals surface area contributed by atoms with Crippen molar-refractivity contribution >= 4 is 46.4 Å². The van der Waals surface area contributed by atoms with Gasteiger partial charge in [0.15, 0.2) is 0 Å². The topological polar surface area (TPSA) is 66.9 Å². The molecule has 0 aliphatic heterocycles. The Morgan fingerprint density at radius 1 is 1.04 bits per heavy atom. The molecule has 0 spiro atoms. The van der Waals surface area contributed by atoms with Crippen LogP contribution < -0.4 is 10.6 Å². The largest absolute Gasteiger partial charge is 0.323 e. The number of nitrogens with one attached hydrogen (secondary N) is 2. The van der Waals surface area contributed by atoms with Crippen LogP contribution in [0.15, 0.2) is 48.7 Å². The van der Waals surface area contributed by atoms with Gasteiger partial charge in [0.1, 0.15) is 5.69 Å². The Morgan fingerprint density at radius 3 is 2.65 bits per heavy atom. The summed E-state index contributed by atoms with van der Waals surface area (Å²) < 4.78 is 0. The van der Waals surface area contributed by atoms with E-state index in [1.54, 1.807) is 24.3 Å². The predicted octanol–water partition coefficient (Wildman–Crippen LogP) is 5.40. The van der Waals surface area contributed by atoms with Crippen LogP contribution in [0.4, 0.5) is 17.3 Å². The van der Waals surface area contributed by atoms with E-state index in [9.17, 15) is 4.79 Å². The van der Waals surface area contributed by atoms with Gasteiger partial charge in [-0.15, -0.1) is 0 Å². The van der Waals surface area contributed by atoms with Crippen LogP contribution in [0.3, 0.4) is 0 Å². The van der Waals surface area contributed by atoms with Crippen LogP contribution in [0.25, 0.3) is 0 Å². The first-order chi connectivity index (χ1) is 12.4. The lowest BCUT2D eigenvalue weighted by molar-refractivity contribution is 0.102. The Balaban J connectivity index is 1.81. The summed E-state index contributed by atoms with van der Waals surface area (Å²) in [7, 11) is 0. The van der Waals surface area contributed by atoms with Gasteiger partial charge in [-0.25, -0.2) is 9.97 Å². The molecule has 26 heavy (non-hydrogen) atoms. The number of amides is 1. The quantitative estimate of drug-likeness (QED) is 0.629. The van der Waals surface area contributed by atoms with Crippen LogP contribution >= 0.6 is 23.2 Å². The minimum absolute atomic E-state index is 0.238. The summed E-state index contributed by atoms with van der Waals surface area (Å²) in [6.45, 7) is 3.95. The lowest BCUT2D eigenvalue weighted by Gasteiger charge is -2.11. The van der Waals surface area contributed by atoms with Crippen LogP contribution in [0.2, 0.25) is 10.0 Å². The molecule has 0 bridgehead atoms. The van der Waals surface area contributed by atoms with Crippen LogP contribution in [0, 0.1) is 13.8 Å². The van der Waals surface area contributed by atoms with E-state index in [4.69, 9.17) is 23.2 Å². The van der Waals surface area contributed by atoms with Gasteiger partial charge in [-0.1, -0.05) is 35.3 Å². The van der Waals surface area contributed by atoms with E-state index in [1.165, 1.54) is 6.20 Å². The van der Waals surface area contributed by atoms with Crippen molar-refractivity contribution in [3.05, 3.63) is 75.5 Å². The standard InChI is InChI=1S/C19H16Cl2N4O/c1-11-4-3-5-15(12(11)2)23-18(26)16-8-9-22-19(24-16)25-17-10-13(20)6-7-14(17)21/h3-10H,1-2H3,(H,23,26)(H,22,24,25). The molecule has 3 rings (SSSR count). The summed E-state index contributed by atoms with van der Waals surface area (Å²) in [4.78, 5) is 20.9. The van der Waals surface area contributed by atoms with E-state index >= 15 is 0 Å². The van der Waals surface area contributed by atoms with Gasteiger partial charge in [-0.2, -0.15) is 0 Å². The predicted molar refractivity (Wildman–Crippen MR) is 106 cm³/mol. The number of hydrogen-bond acceptors (Lipinski definition) is 4. The third kappa shape index (κ3) is 4.12. The normalized spacial score (nSPS) is 10.5. The molecule has 0 aliphatic carbocycles. The molecule has 3 aromatic rings. The fourth-order valence-electron chi connectivity index (χ4n) is 2.33. The molecule has 0 atom stereocenters. The van der Waals surface area contributed by atoms with Gasteiger partial charge in [0.05, 0.1) is 10.7 Å². The molecular weight excluding hydrogens is 371 g/mol. The summed E-state index contributed by atoms with van der Waals surface area (Å²) in [6.07, 6.45) is 1.51. The Kier molecular flexibility index (Phi) is 5.40. The maximum atomic E-state index is 12.5. The molecule has 0 fully saturated rings. The van der Waals surface area contributed by atoms with Gasteiger partial charge in [0.25, 0.3) is 5.91 Å². The number of benzene rings is 2. The molecule has 1 heterocycles. The second kappa shape index (κ2) is 7.72. The molecule has 0 saturated heterocycles. The highest BCUT2D eigenvalue weighted by atomic mass is 35.5. The van der Waals surface area contributed by atoms with E-state index < -0.39 is 0 Å². The van der Waals surface area contributed by atoms with Crippen LogP contribution in [-0.2, 0) is 0 Å². The summed E-state index contributed by atoms with van der Waals surface area (Å²) >= 11 is 12.1. The molecule has 2 aromatic carbocycles. The fourth-order valence-corrected chi connectivity index (χ4v) is 2.67. The molecular formula is C19H16Cl2N4O. The zero-order valence-corrected chi connectivity index (χ0v) is 15.7. The minimum atomic E-state index is -0.318. The highest BCUT2D eigenvalue weighted by molar-refractivity contribution is 6.35. The van der Waals surface area contributed by atoms with E-state index in [0.29, 0.717) is 15.7 Å². The van der Waals surface area contributed by atoms with E-state index in [1.807, 2.05) is 32.0 Å². The lowest BCUT2D eigenvalue weighted by atomic mass is 10.1. The molecule has 0 radical (unpaired) electrons. The maximum Gasteiger partial charge on any atom is 0.274 e.